The fraction of sp³-hybridized carbons (Fsp3) is 0.448. The van der Waals surface area contributed by atoms with Crippen molar-refractivity contribution in [3.05, 3.63) is 58.7 Å². The van der Waals surface area contributed by atoms with Crippen LogP contribution in [0.4, 0.5) is 23.7 Å². The minimum Gasteiger partial charge on any atom is -0.444 e. The summed E-state index contributed by atoms with van der Waals surface area (Å²) in [4.78, 5) is 28.6. The highest BCUT2D eigenvalue weighted by Crippen LogP contribution is 2.39. The van der Waals surface area contributed by atoms with Gasteiger partial charge in [0.25, 0.3) is 17.7 Å². The van der Waals surface area contributed by atoms with Gasteiger partial charge in [-0.25, -0.2) is 26.4 Å². The summed E-state index contributed by atoms with van der Waals surface area (Å²) in [5.41, 5.74) is -0.941. The zero-order valence-electron chi connectivity index (χ0n) is 24.8. The average molecular weight is 670 g/mol. The van der Waals surface area contributed by atoms with Crippen molar-refractivity contribution in [2.24, 2.45) is 0 Å². The molecule has 3 aromatic rings. The van der Waals surface area contributed by atoms with Crippen LogP contribution in [0.2, 0.25) is 5.02 Å². The van der Waals surface area contributed by atoms with Crippen molar-refractivity contribution in [2.45, 2.75) is 62.1 Å². The van der Waals surface area contributed by atoms with Gasteiger partial charge in [-0.3, -0.25) is 9.69 Å². The summed E-state index contributed by atoms with van der Waals surface area (Å²) in [7, 11) is -2.85. The van der Waals surface area contributed by atoms with E-state index < -0.39 is 74.8 Å². The molecule has 45 heavy (non-hydrogen) atoms. The number of amides is 2. The second kappa shape index (κ2) is 11.9. The van der Waals surface area contributed by atoms with Crippen LogP contribution in [-0.4, -0.2) is 79.0 Å². The Balaban J connectivity index is 1.57. The van der Waals surface area contributed by atoms with E-state index in [0.717, 1.165) is 17.0 Å². The fourth-order valence-corrected chi connectivity index (χ4v) is 7.08. The first-order valence-electron chi connectivity index (χ1n) is 13.9. The van der Waals surface area contributed by atoms with E-state index in [0.29, 0.717) is 10.6 Å². The Morgan fingerprint density at radius 2 is 1.89 bits per heavy atom. The average Bonchev–Trinajstić information content (AvgIpc) is 3.38. The van der Waals surface area contributed by atoms with Crippen LogP contribution in [0.5, 0.6) is 0 Å². The summed E-state index contributed by atoms with van der Waals surface area (Å²) in [6, 6.07) is 6.64. The normalized spacial score (nSPS) is 21.6. The van der Waals surface area contributed by atoms with E-state index in [4.69, 9.17) is 20.8 Å². The second-order valence-electron chi connectivity index (χ2n) is 12.2. The minimum atomic E-state index is -4.38. The fourth-order valence-electron chi connectivity index (χ4n) is 5.34. The van der Waals surface area contributed by atoms with E-state index in [1.807, 2.05) is 0 Å². The molecule has 11 nitrogen and oxygen atoms in total. The van der Waals surface area contributed by atoms with Gasteiger partial charge in [-0.1, -0.05) is 23.7 Å². The van der Waals surface area contributed by atoms with Crippen LogP contribution < -0.4 is 10.2 Å². The molecular formula is C29H31ClF3N5O6S. The molecule has 0 aliphatic carbocycles. The number of carbonyl (C=O) groups is 2. The van der Waals surface area contributed by atoms with Gasteiger partial charge in [0.05, 0.1) is 40.9 Å². The van der Waals surface area contributed by atoms with Gasteiger partial charge in [-0.05, 0) is 57.6 Å². The van der Waals surface area contributed by atoms with Gasteiger partial charge in [-0.2, -0.15) is 0 Å². The predicted molar refractivity (Wildman–Crippen MR) is 157 cm³/mol. The molecule has 0 saturated carbocycles. The van der Waals surface area contributed by atoms with Gasteiger partial charge in [-0.15, -0.1) is 10.2 Å². The highest BCUT2D eigenvalue weighted by molar-refractivity contribution is 7.91. The summed E-state index contributed by atoms with van der Waals surface area (Å²) in [5, 5.41) is 10.5. The minimum absolute atomic E-state index is 0.131. The summed E-state index contributed by atoms with van der Waals surface area (Å²) in [6.45, 7) is 4.40. The number of aromatic nitrogens is 2. The molecule has 242 valence electrons. The second-order valence-corrected chi connectivity index (χ2v) is 14.7. The van der Waals surface area contributed by atoms with Crippen molar-refractivity contribution in [3.63, 3.8) is 0 Å². The zero-order chi connectivity index (χ0) is 32.9. The third-order valence-electron chi connectivity index (χ3n) is 7.17. The number of anilines is 1. The number of likely N-dealkylation sites (tertiary alicyclic amines) is 1. The number of sulfone groups is 1. The molecule has 2 atom stereocenters. The van der Waals surface area contributed by atoms with Gasteiger partial charge in [0.2, 0.25) is 5.89 Å². The maximum atomic E-state index is 15.6. The molecule has 2 amide bonds. The Morgan fingerprint density at radius 1 is 1.20 bits per heavy atom. The van der Waals surface area contributed by atoms with Gasteiger partial charge < -0.3 is 19.4 Å². The van der Waals surface area contributed by atoms with Crippen molar-refractivity contribution in [2.75, 3.05) is 30.8 Å². The number of likely N-dealkylation sites (N-methyl/N-ethyl adjacent to an activating group) is 1. The van der Waals surface area contributed by atoms with Gasteiger partial charge in [0.1, 0.15) is 17.5 Å². The molecule has 2 aliphatic rings. The van der Waals surface area contributed by atoms with Crippen LogP contribution in [0.15, 0.2) is 45.7 Å². The van der Waals surface area contributed by atoms with E-state index in [-0.39, 0.29) is 36.1 Å². The Kier molecular flexibility index (Phi) is 8.66. The van der Waals surface area contributed by atoms with Crippen LogP contribution in [-0.2, 0) is 25.9 Å². The maximum absolute atomic E-state index is 15.6. The van der Waals surface area contributed by atoms with Crippen molar-refractivity contribution in [3.8, 4) is 11.5 Å². The first-order valence-corrected chi connectivity index (χ1v) is 16.0. The first-order chi connectivity index (χ1) is 20.9. The lowest BCUT2D eigenvalue weighted by Gasteiger charge is -2.33. The lowest BCUT2D eigenvalue weighted by molar-refractivity contribution is -0.120. The molecule has 1 saturated heterocycles. The van der Waals surface area contributed by atoms with Gasteiger partial charge in [0, 0.05) is 18.0 Å². The summed E-state index contributed by atoms with van der Waals surface area (Å²) >= 11 is 6.02. The number of rotatable bonds is 5. The number of alkyl halides is 2. The van der Waals surface area contributed by atoms with Crippen molar-refractivity contribution < 1.29 is 40.3 Å². The van der Waals surface area contributed by atoms with Gasteiger partial charge >= 0.3 is 6.09 Å². The molecule has 3 heterocycles. The number of piperidine rings is 1. The zero-order valence-corrected chi connectivity index (χ0v) is 26.4. The van der Waals surface area contributed by atoms with Gasteiger partial charge in [0.15, 0.2) is 9.84 Å². The number of ether oxygens (including phenoxy) is 1. The summed E-state index contributed by atoms with van der Waals surface area (Å²) < 4.78 is 82.1. The molecule has 0 spiro atoms. The van der Waals surface area contributed by atoms with Crippen LogP contribution in [0.3, 0.4) is 0 Å². The molecule has 2 aliphatic heterocycles. The Morgan fingerprint density at radius 3 is 2.53 bits per heavy atom. The predicted octanol–water partition coefficient (Wildman–Crippen LogP) is 4.80. The van der Waals surface area contributed by atoms with E-state index in [1.165, 1.54) is 11.9 Å². The molecule has 0 radical (unpaired) electrons. The Hall–Kier alpha value is -3.69. The molecule has 2 aromatic carbocycles. The molecule has 1 unspecified atom stereocenters. The quantitative estimate of drug-likeness (QED) is 0.407. The number of hydrogen-bond acceptors (Lipinski definition) is 9. The third-order valence-corrected chi connectivity index (χ3v) is 9.19. The highest BCUT2D eigenvalue weighted by Gasteiger charge is 2.43. The summed E-state index contributed by atoms with van der Waals surface area (Å²) in [5.74, 6) is -7.08. The van der Waals surface area contributed by atoms with E-state index in [1.54, 1.807) is 45.0 Å². The number of carbonyl (C=O) groups excluding carboxylic acids is 2. The lowest BCUT2D eigenvalue weighted by Crippen LogP contribution is -2.51. The standard InChI is InChI=1S/C29H31ClF3N5O6S/c1-28(2,3)44-27(40)34-21-14-45(41,42)23-10-20(31)19(9-22(23)38(26(21)39)12-16-5-7-18(30)8-6-16)25-36-35-24(43-25)17-11-29(32,33)15-37(4)13-17/h5-10,17,21H,11-15H2,1-4H3,(H,34,40)/t17?,21-/m0/s1. The van der Waals surface area contributed by atoms with E-state index in [2.05, 4.69) is 15.5 Å². The summed E-state index contributed by atoms with van der Waals surface area (Å²) in [6.07, 6.45) is -1.56. The molecule has 5 rings (SSSR count). The smallest absolute Gasteiger partial charge is 0.408 e. The van der Waals surface area contributed by atoms with Crippen LogP contribution >= 0.6 is 11.6 Å². The van der Waals surface area contributed by atoms with Crippen molar-refractivity contribution in [1.29, 1.82) is 0 Å². The first kappa shape index (κ1) is 32.7. The topological polar surface area (TPSA) is 135 Å². The number of alkyl carbamates (subject to hydrolysis) is 1. The van der Waals surface area contributed by atoms with Crippen LogP contribution in [0.25, 0.3) is 11.5 Å². The number of halogens is 4. The maximum Gasteiger partial charge on any atom is 0.408 e. The number of hydrogen-bond donors (Lipinski definition) is 1. The molecule has 1 N–H and O–H groups in total. The number of fused-ring (bicyclic) bond motifs is 1. The Labute approximate surface area is 262 Å². The molecule has 0 bridgehead atoms. The molecule has 16 heteroatoms. The highest BCUT2D eigenvalue weighted by atomic mass is 35.5. The number of nitrogens with one attached hydrogen (secondary N) is 1. The Bertz CT molecular complexity index is 1730. The van der Waals surface area contributed by atoms with Crippen molar-refractivity contribution >= 4 is 39.1 Å². The number of nitrogens with zero attached hydrogens (tertiary/aromatic N) is 4. The van der Waals surface area contributed by atoms with E-state index >= 15 is 4.39 Å². The molecule has 1 aromatic heterocycles. The SMILES string of the molecule is CN1CC(c2nnc(-c3cc4c(cc3F)S(=O)(=O)C[C@H](NC(=O)OC(C)(C)C)C(=O)N4Cc3ccc(Cl)cc3)o2)CC(F)(F)C1. The van der Waals surface area contributed by atoms with Crippen LogP contribution in [0, 0.1) is 5.82 Å². The molecule has 1 fully saturated rings. The third kappa shape index (κ3) is 7.42. The number of benzene rings is 2. The largest absolute Gasteiger partial charge is 0.444 e. The van der Waals surface area contributed by atoms with E-state index in [9.17, 15) is 26.8 Å². The van der Waals surface area contributed by atoms with Crippen LogP contribution in [0.1, 0.15) is 44.6 Å². The monoisotopic (exact) mass is 669 g/mol. The van der Waals surface area contributed by atoms with Crippen molar-refractivity contribution in [1.82, 2.24) is 20.4 Å². The molecular weight excluding hydrogens is 639 g/mol. The lowest BCUT2D eigenvalue weighted by atomic mass is 9.95.